The predicted molar refractivity (Wildman–Crippen MR) is 106 cm³/mol. The summed E-state index contributed by atoms with van der Waals surface area (Å²) >= 11 is 0. The van der Waals surface area contributed by atoms with E-state index in [0.717, 1.165) is 72.2 Å². The molecule has 0 amide bonds. The van der Waals surface area contributed by atoms with Crippen LogP contribution in [0.25, 0.3) is 10.9 Å². The number of nitrogens with zero attached hydrogens (tertiary/aromatic N) is 3. The number of hydrogen-bond acceptors (Lipinski definition) is 4. The van der Waals surface area contributed by atoms with Crippen LogP contribution in [-0.4, -0.2) is 38.7 Å². The molecule has 0 saturated heterocycles. The summed E-state index contributed by atoms with van der Waals surface area (Å²) in [4.78, 5) is 30.3. The van der Waals surface area contributed by atoms with E-state index in [4.69, 9.17) is 4.98 Å². The Kier molecular flexibility index (Phi) is 4.31. The Labute approximate surface area is 161 Å². The van der Waals surface area contributed by atoms with Crippen LogP contribution in [0.2, 0.25) is 0 Å². The molecule has 2 aliphatic heterocycles. The van der Waals surface area contributed by atoms with Crippen molar-refractivity contribution in [2.24, 2.45) is 4.99 Å². The van der Waals surface area contributed by atoms with Crippen molar-refractivity contribution in [2.45, 2.75) is 38.8 Å². The minimum absolute atomic E-state index is 0.0667. The van der Waals surface area contributed by atoms with Gasteiger partial charge in [-0.1, -0.05) is 0 Å². The molecule has 2 aromatic heterocycles. The van der Waals surface area contributed by atoms with Crippen LogP contribution in [0.15, 0.2) is 34.2 Å². The van der Waals surface area contributed by atoms with Crippen molar-refractivity contribution in [2.75, 3.05) is 13.1 Å². The van der Waals surface area contributed by atoms with Crippen LogP contribution < -0.4 is 5.56 Å². The van der Waals surface area contributed by atoms with E-state index < -0.39 is 0 Å². The van der Waals surface area contributed by atoms with E-state index in [1.54, 1.807) is 12.1 Å². The third-order valence-corrected chi connectivity index (χ3v) is 5.67. The molecule has 2 N–H and O–H groups in total. The maximum Gasteiger partial charge on any atom is 0.255 e. The highest BCUT2D eigenvalue weighted by Crippen LogP contribution is 2.23. The molecule has 1 aromatic carbocycles. The van der Waals surface area contributed by atoms with E-state index in [2.05, 4.69) is 19.9 Å². The minimum atomic E-state index is -0.240. The highest BCUT2D eigenvalue weighted by molar-refractivity contribution is 5.97. The summed E-state index contributed by atoms with van der Waals surface area (Å²) < 4.78 is 13.6. The standard InChI is InChI=1S/C21H22FN5O/c22-14-4-5-17-15(9-14)13(10-24-17)11-27-8-6-18-16(12-27)21(28)26-20(25-18)19-3-1-2-7-23-19/h4-5,9-10,24H,1-3,6-8,11-12H2,(H,25,26,28). The van der Waals surface area contributed by atoms with Gasteiger partial charge in [-0.05, 0) is 43.0 Å². The molecule has 0 spiro atoms. The Bertz CT molecular complexity index is 1130. The molecule has 7 heteroatoms. The summed E-state index contributed by atoms with van der Waals surface area (Å²) in [5.41, 5.74) is 4.43. The van der Waals surface area contributed by atoms with Crippen molar-refractivity contribution < 1.29 is 4.39 Å². The Morgan fingerprint density at radius 3 is 3.00 bits per heavy atom. The lowest BCUT2D eigenvalue weighted by Gasteiger charge is -2.27. The van der Waals surface area contributed by atoms with E-state index in [1.807, 2.05) is 6.20 Å². The van der Waals surface area contributed by atoms with Crippen LogP contribution in [0.5, 0.6) is 0 Å². The van der Waals surface area contributed by atoms with Crippen LogP contribution in [0.1, 0.15) is 41.9 Å². The number of fused-ring (bicyclic) bond motifs is 2. The normalized spacial score (nSPS) is 17.5. The van der Waals surface area contributed by atoms with Gasteiger partial charge < -0.3 is 9.97 Å². The molecule has 0 unspecified atom stereocenters. The first kappa shape index (κ1) is 17.3. The van der Waals surface area contributed by atoms with Crippen LogP contribution in [0.4, 0.5) is 4.39 Å². The molecule has 0 atom stereocenters. The first-order valence-corrected chi connectivity index (χ1v) is 9.81. The van der Waals surface area contributed by atoms with Crippen molar-refractivity contribution >= 4 is 16.6 Å². The van der Waals surface area contributed by atoms with Crippen LogP contribution in [0, 0.1) is 5.82 Å². The summed E-state index contributed by atoms with van der Waals surface area (Å²) in [7, 11) is 0. The van der Waals surface area contributed by atoms with Gasteiger partial charge in [0.25, 0.3) is 5.56 Å². The summed E-state index contributed by atoms with van der Waals surface area (Å²) in [6.45, 7) is 2.84. The first-order chi connectivity index (χ1) is 13.7. The monoisotopic (exact) mass is 379 g/mol. The third-order valence-electron chi connectivity index (χ3n) is 5.67. The number of benzene rings is 1. The number of aromatic nitrogens is 3. The zero-order valence-corrected chi connectivity index (χ0v) is 15.6. The summed E-state index contributed by atoms with van der Waals surface area (Å²) in [6, 6.07) is 4.77. The van der Waals surface area contributed by atoms with E-state index in [0.29, 0.717) is 18.9 Å². The second-order valence-corrected chi connectivity index (χ2v) is 7.59. The van der Waals surface area contributed by atoms with E-state index in [-0.39, 0.29) is 11.4 Å². The molecule has 0 radical (unpaired) electrons. The summed E-state index contributed by atoms with van der Waals surface area (Å²) in [6.07, 6.45) is 5.73. The molecule has 144 valence electrons. The van der Waals surface area contributed by atoms with Gasteiger partial charge in [-0.2, -0.15) is 0 Å². The van der Waals surface area contributed by atoms with Gasteiger partial charge in [0.15, 0.2) is 5.82 Å². The summed E-state index contributed by atoms with van der Waals surface area (Å²) in [5.74, 6) is 0.403. The molecule has 28 heavy (non-hydrogen) atoms. The van der Waals surface area contributed by atoms with Crippen molar-refractivity contribution in [3.8, 4) is 0 Å². The first-order valence-electron chi connectivity index (χ1n) is 9.81. The molecule has 0 bridgehead atoms. The minimum Gasteiger partial charge on any atom is -0.361 e. The lowest BCUT2D eigenvalue weighted by molar-refractivity contribution is 0.242. The average molecular weight is 379 g/mol. The van der Waals surface area contributed by atoms with Gasteiger partial charge in [0.1, 0.15) is 5.82 Å². The molecule has 5 rings (SSSR count). The number of H-pyrrole nitrogens is 2. The maximum absolute atomic E-state index is 13.6. The molecule has 4 heterocycles. The van der Waals surface area contributed by atoms with Crippen LogP contribution in [0.3, 0.4) is 0 Å². The van der Waals surface area contributed by atoms with Crippen LogP contribution >= 0.6 is 0 Å². The van der Waals surface area contributed by atoms with Crippen molar-refractivity contribution in [3.63, 3.8) is 0 Å². The van der Waals surface area contributed by atoms with Gasteiger partial charge in [0.2, 0.25) is 0 Å². The largest absolute Gasteiger partial charge is 0.361 e. The van der Waals surface area contributed by atoms with Crippen molar-refractivity contribution in [3.05, 3.63) is 63.2 Å². The Balaban J connectivity index is 1.40. The summed E-state index contributed by atoms with van der Waals surface area (Å²) in [5, 5.41) is 0.892. The zero-order chi connectivity index (χ0) is 19.1. The highest BCUT2D eigenvalue weighted by atomic mass is 19.1. The topological polar surface area (TPSA) is 77.1 Å². The molecule has 2 aliphatic rings. The molecule has 0 aliphatic carbocycles. The number of nitrogens with one attached hydrogen (secondary N) is 2. The molecule has 6 nitrogen and oxygen atoms in total. The number of aliphatic imine (C=N–C) groups is 1. The van der Waals surface area contributed by atoms with E-state index in [9.17, 15) is 9.18 Å². The van der Waals surface area contributed by atoms with Gasteiger partial charge in [-0.15, -0.1) is 0 Å². The molecule has 0 saturated carbocycles. The highest BCUT2D eigenvalue weighted by Gasteiger charge is 2.23. The number of rotatable bonds is 3. The van der Waals surface area contributed by atoms with E-state index in [1.165, 1.54) is 6.07 Å². The zero-order valence-electron chi connectivity index (χ0n) is 15.6. The molecular formula is C21H22FN5O. The lowest BCUT2D eigenvalue weighted by Crippen LogP contribution is -2.36. The SMILES string of the molecule is O=c1[nH]c(C2=NCCCC2)nc2c1CN(Cc1c[nH]c3ccc(F)cc13)CC2. The smallest absolute Gasteiger partial charge is 0.255 e. The maximum atomic E-state index is 13.6. The second-order valence-electron chi connectivity index (χ2n) is 7.59. The average Bonchev–Trinajstić information content (AvgIpc) is 3.11. The number of aromatic amines is 2. The third kappa shape index (κ3) is 3.16. The van der Waals surface area contributed by atoms with Gasteiger partial charge >= 0.3 is 0 Å². The lowest BCUT2D eigenvalue weighted by atomic mass is 10.0. The fourth-order valence-electron chi connectivity index (χ4n) is 4.17. The van der Waals surface area contributed by atoms with Crippen molar-refractivity contribution in [1.29, 1.82) is 0 Å². The Hall–Kier alpha value is -2.80. The molecular weight excluding hydrogens is 357 g/mol. The number of hydrogen-bond donors (Lipinski definition) is 2. The van der Waals surface area contributed by atoms with Crippen LogP contribution in [-0.2, 0) is 19.5 Å². The van der Waals surface area contributed by atoms with Gasteiger partial charge in [0.05, 0.1) is 17.0 Å². The fraction of sp³-hybridized carbons (Fsp3) is 0.381. The van der Waals surface area contributed by atoms with Gasteiger partial charge in [-0.3, -0.25) is 14.7 Å². The van der Waals surface area contributed by atoms with Crippen molar-refractivity contribution in [1.82, 2.24) is 19.9 Å². The number of halogens is 1. The second kappa shape index (κ2) is 6.98. The Morgan fingerprint density at radius 1 is 1.21 bits per heavy atom. The molecule has 0 fully saturated rings. The van der Waals surface area contributed by atoms with Gasteiger partial charge in [-0.25, -0.2) is 9.37 Å². The molecule has 3 aromatic rings. The Morgan fingerprint density at radius 2 is 2.14 bits per heavy atom. The van der Waals surface area contributed by atoms with E-state index >= 15 is 0 Å². The van der Waals surface area contributed by atoms with Gasteiger partial charge in [0, 0.05) is 49.7 Å². The predicted octanol–water partition coefficient (Wildman–Crippen LogP) is 2.92. The quantitative estimate of drug-likeness (QED) is 0.735. The fourth-order valence-corrected chi connectivity index (χ4v) is 4.17.